The van der Waals surface area contributed by atoms with E-state index in [1.54, 1.807) is 18.3 Å². The number of nitrogens with zero attached hydrogens (tertiary/aromatic N) is 3. The zero-order valence-corrected chi connectivity index (χ0v) is 13.9. The third-order valence-electron chi connectivity index (χ3n) is 3.99. The van der Waals surface area contributed by atoms with Crippen LogP contribution in [0.1, 0.15) is 35.7 Å². The van der Waals surface area contributed by atoms with E-state index in [2.05, 4.69) is 20.2 Å². The first-order valence-electron chi connectivity index (χ1n) is 8.34. The number of amides is 1. The summed E-state index contributed by atoms with van der Waals surface area (Å²) in [6.07, 6.45) is 5.89. The Bertz CT molecular complexity index is 682. The van der Waals surface area contributed by atoms with Crippen molar-refractivity contribution in [2.75, 3.05) is 24.6 Å². The maximum absolute atomic E-state index is 12.3. The summed E-state index contributed by atoms with van der Waals surface area (Å²) >= 11 is 0. The van der Waals surface area contributed by atoms with E-state index in [0.717, 1.165) is 24.5 Å². The standard InChI is InChI=1S/C18H22N4O2/c1-2-24-18-15(6-5-9-19-18)17(23)21-13-14-7-8-16(20-12-14)22-10-3-4-11-22/h5-9,12H,2-4,10-11,13H2,1H3,(H,21,23). The maximum Gasteiger partial charge on any atom is 0.257 e. The average Bonchev–Trinajstić information content (AvgIpc) is 3.15. The first-order valence-corrected chi connectivity index (χ1v) is 8.34. The van der Waals surface area contributed by atoms with Crippen LogP contribution < -0.4 is 15.0 Å². The molecule has 0 atom stereocenters. The fraction of sp³-hybridized carbons (Fsp3) is 0.389. The molecule has 1 saturated heterocycles. The second-order valence-electron chi connectivity index (χ2n) is 5.69. The lowest BCUT2D eigenvalue weighted by Crippen LogP contribution is -2.24. The predicted molar refractivity (Wildman–Crippen MR) is 92.3 cm³/mol. The third-order valence-corrected chi connectivity index (χ3v) is 3.99. The van der Waals surface area contributed by atoms with E-state index in [0.29, 0.717) is 24.6 Å². The Balaban J connectivity index is 1.60. The number of rotatable bonds is 6. The van der Waals surface area contributed by atoms with Crippen molar-refractivity contribution in [1.82, 2.24) is 15.3 Å². The van der Waals surface area contributed by atoms with Gasteiger partial charge in [0.2, 0.25) is 5.88 Å². The quantitative estimate of drug-likeness (QED) is 0.883. The highest BCUT2D eigenvalue weighted by atomic mass is 16.5. The van der Waals surface area contributed by atoms with Crippen LogP contribution in [0, 0.1) is 0 Å². The molecular formula is C18H22N4O2. The largest absolute Gasteiger partial charge is 0.477 e. The lowest BCUT2D eigenvalue weighted by atomic mass is 10.2. The molecule has 0 aliphatic carbocycles. The van der Waals surface area contributed by atoms with E-state index in [4.69, 9.17) is 4.74 Å². The van der Waals surface area contributed by atoms with E-state index in [1.807, 2.05) is 25.3 Å². The zero-order valence-electron chi connectivity index (χ0n) is 13.9. The van der Waals surface area contributed by atoms with E-state index in [9.17, 15) is 4.79 Å². The van der Waals surface area contributed by atoms with Gasteiger partial charge in [0.1, 0.15) is 11.4 Å². The third kappa shape index (κ3) is 3.82. The summed E-state index contributed by atoms with van der Waals surface area (Å²) in [6.45, 7) is 4.91. The molecule has 0 aromatic carbocycles. The topological polar surface area (TPSA) is 67.3 Å². The second kappa shape index (κ2) is 7.77. The Kier molecular flexibility index (Phi) is 5.25. The van der Waals surface area contributed by atoms with Crippen molar-refractivity contribution < 1.29 is 9.53 Å². The molecule has 0 unspecified atom stereocenters. The molecule has 6 heteroatoms. The summed E-state index contributed by atoms with van der Waals surface area (Å²) in [5.74, 6) is 1.17. The van der Waals surface area contributed by atoms with Gasteiger partial charge < -0.3 is 15.0 Å². The zero-order chi connectivity index (χ0) is 16.8. The molecule has 126 valence electrons. The fourth-order valence-electron chi connectivity index (χ4n) is 2.75. The number of ether oxygens (including phenoxy) is 1. The molecule has 2 aromatic heterocycles. The molecule has 6 nitrogen and oxygen atoms in total. The van der Waals surface area contributed by atoms with Crippen LogP contribution in [0.4, 0.5) is 5.82 Å². The van der Waals surface area contributed by atoms with E-state index in [-0.39, 0.29) is 5.91 Å². The summed E-state index contributed by atoms with van der Waals surface area (Å²) < 4.78 is 5.39. The van der Waals surface area contributed by atoms with Gasteiger partial charge >= 0.3 is 0 Å². The molecule has 1 aliphatic heterocycles. The monoisotopic (exact) mass is 326 g/mol. The van der Waals surface area contributed by atoms with Gasteiger partial charge in [-0.05, 0) is 43.5 Å². The maximum atomic E-state index is 12.3. The second-order valence-corrected chi connectivity index (χ2v) is 5.69. The van der Waals surface area contributed by atoms with Gasteiger partial charge in [0, 0.05) is 32.0 Å². The molecule has 2 aromatic rings. The first-order chi connectivity index (χ1) is 11.8. The van der Waals surface area contributed by atoms with Gasteiger partial charge in [0.05, 0.1) is 6.61 Å². The van der Waals surface area contributed by atoms with Crippen LogP contribution in [-0.4, -0.2) is 35.6 Å². The number of carbonyl (C=O) groups is 1. The fourth-order valence-corrected chi connectivity index (χ4v) is 2.75. The van der Waals surface area contributed by atoms with Crippen molar-refractivity contribution in [3.63, 3.8) is 0 Å². The number of anilines is 1. The van der Waals surface area contributed by atoms with Crippen molar-refractivity contribution in [2.24, 2.45) is 0 Å². The minimum absolute atomic E-state index is 0.199. The summed E-state index contributed by atoms with van der Waals surface area (Å²) in [7, 11) is 0. The summed E-state index contributed by atoms with van der Waals surface area (Å²) in [5, 5.41) is 2.89. The summed E-state index contributed by atoms with van der Waals surface area (Å²) in [4.78, 5) is 23.2. The van der Waals surface area contributed by atoms with Crippen molar-refractivity contribution in [3.8, 4) is 5.88 Å². The van der Waals surface area contributed by atoms with Crippen LogP contribution in [0.2, 0.25) is 0 Å². The molecule has 1 amide bonds. The van der Waals surface area contributed by atoms with Gasteiger partial charge in [-0.25, -0.2) is 9.97 Å². The molecule has 0 radical (unpaired) electrons. The number of nitrogens with one attached hydrogen (secondary N) is 1. The lowest BCUT2D eigenvalue weighted by molar-refractivity contribution is 0.0946. The van der Waals surface area contributed by atoms with Crippen molar-refractivity contribution >= 4 is 11.7 Å². The van der Waals surface area contributed by atoms with Crippen LogP contribution in [0.3, 0.4) is 0 Å². The molecule has 1 N–H and O–H groups in total. The Labute approximate surface area is 141 Å². The molecule has 0 saturated carbocycles. The van der Waals surface area contributed by atoms with Crippen molar-refractivity contribution in [3.05, 3.63) is 47.8 Å². The van der Waals surface area contributed by atoms with Crippen LogP contribution in [0.15, 0.2) is 36.7 Å². The van der Waals surface area contributed by atoms with Gasteiger partial charge in [-0.15, -0.1) is 0 Å². The Morgan fingerprint density at radius 3 is 2.79 bits per heavy atom. The summed E-state index contributed by atoms with van der Waals surface area (Å²) in [6, 6.07) is 7.46. The Hall–Kier alpha value is -2.63. The summed E-state index contributed by atoms with van der Waals surface area (Å²) in [5.41, 5.74) is 1.41. The molecule has 0 bridgehead atoms. The van der Waals surface area contributed by atoms with Crippen LogP contribution in [0.25, 0.3) is 0 Å². The number of hydrogen-bond donors (Lipinski definition) is 1. The van der Waals surface area contributed by atoms with Gasteiger partial charge in [0.25, 0.3) is 5.91 Å². The molecule has 0 spiro atoms. The Morgan fingerprint density at radius 2 is 2.08 bits per heavy atom. The molecular weight excluding hydrogens is 304 g/mol. The van der Waals surface area contributed by atoms with Crippen molar-refractivity contribution in [1.29, 1.82) is 0 Å². The first kappa shape index (κ1) is 16.2. The number of hydrogen-bond acceptors (Lipinski definition) is 5. The number of carbonyl (C=O) groups excluding carboxylic acids is 1. The molecule has 3 rings (SSSR count). The Morgan fingerprint density at radius 1 is 1.25 bits per heavy atom. The van der Waals surface area contributed by atoms with E-state index >= 15 is 0 Å². The normalized spacial score (nSPS) is 13.8. The highest BCUT2D eigenvalue weighted by Crippen LogP contribution is 2.18. The molecule has 24 heavy (non-hydrogen) atoms. The molecule has 3 heterocycles. The van der Waals surface area contributed by atoms with E-state index < -0.39 is 0 Å². The lowest BCUT2D eigenvalue weighted by Gasteiger charge is -2.16. The molecule has 1 fully saturated rings. The highest BCUT2D eigenvalue weighted by molar-refractivity contribution is 5.96. The van der Waals surface area contributed by atoms with Gasteiger partial charge in [-0.2, -0.15) is 0 Å². The average molecular weight is 326 g/mol. The minimum atomic E-state index is -0.199. The predicted octanol–water partition coefficient (Wildman–Crippen LogP) is 2.41. The molecule has 1 aliphatic rings. The van der Waals surface area contributed by atoms with Gasteiger partial charge in [-0.3, -0.25) is 4.79 Å². The van der Waals surface area contributed by atoms with Crippen LogP contribution in [0.5, 0.6) is 5.88 Å². The van der Waals surface area contributed by atoms with E-state index in [1.165, 1.54) is 12.8 Å². The van der Waals surface area contributed by atoms with Crippen LogP contribution in [-0.2, 0) is 6.54 Å². The number of aromatic nitrogens is 2. The smallest absolute Gasteiger partial charge is 0.257 e. The number of pyridine rings is 2. The van der Waals surface area contributed by atoms with Crippen molar-refractivity contribution in [2.45, 2.75) is 26.3 Å². The highest BCUT2D eigenvalue weighted by Gasteiger charge is 2.14. The SMILES string of the molecule is CCOc1ncccc1C(=O)NCc1ccc(N2CCCC2)nc1. The van der Waals surface area contributed by atoms with Crippen LogP contribution >= 0.6 is 0 Å². The van der Waals surface area contributed by atoms with Gasteiger partial charge in [0.15, 0.2) is 0 Å². The van der Waals surface area contributed by atoms with Gasteiger partial charge in [-0.1, -0.05) is 6.07 Å². The minimum Gasteiger partial charge on any atom is -0.477 e.